The van der Waals surface area contributed by atoms with Gasteiger partial charge in [-0.3, -0.25) is 14.5 Å². The van der Waals surface area contributed by atoms with E-state index in [0.717, 1.165) is 11.3 Å². The molecule has 0 radical (unpaired) electrons. The second-order valence-corrected chi connectivity index (χ2v) is 6.31. The highest BCUT2D eigenvalue weighted by Gasteiger charge is 2.32. The summed E-state index contributed by atoms with van der Waals surface area (Å²) in [5.41, 5.74) is 0.822. The summed E-state index contributed by atoms with van der Waals surface area (Å²) in [6.45, 7) is 2.68. The molecule has 0 saturated carbocycles. The van der Waals surface area contributed by atoms with Gasteiger partial charge in [0.15, 0.2) is 0 Å². The fourth-order valence-corrected chi connectivity index (χ4v) is 3.33. The average molecular weight is 351 g/mol. The lowest BCUT2D eigenvalue weighted by Crippen LogP contribution is -2.30. The number of hydrogen-bond acceptors (Lipinski definition) is 6. The van der Waals surface area contributed by atoms with Crippen LogP contribution in [0, 0.1) is 0 Å². The molecule has 1 amide bonds. The highest BCUT2D eigenvalue weighted by Crippen LogP contribution is 2.34. The van der Waals surface area contributed by atoms with Gasteiger partial charge in [0.05, 0.1) is 25.0 Å². The number of carbonyl (C=O) groups is 2. The zero-order chi connectivity index (χ0) is 16.8. The van der Waals surface area contributed by atoms with Gasteiger partial charge in [0.2, 0.25) is 0 Å². The van der Waals surface area contributed by atoms with Crippen molar-refractivity contribution in [2.75, 3.05) is 20.3 Å². The molecule has 1 aromatic rings. The second kappa shape index (κ2) is 8.12. The maximum Gasteiger partial charge on any atom is 0.307 e. The number of para-hydroxylation sites is 1. The van der Waals surface area contributed by atoms with Crippen molar-refractivity contribution in [2.45, 2.75) is 13.3 Å². The third-order valence-corrected chi connectivity index (χ3v) is 4.52. The molecule has 1 aliphatic heterocycles. The molecule has 1 aliphatic rings. The van der Waals surface area contributed by atoms with Crippen LogP contribution in [0.4, 0.5) is 0 Å². The molecule has 1 fully saturated rings. The molecule has 1 heterocycles. The second-order valence-electron chi connectivity index (χ2n) is 4.63. The summed E-state index contributed by atoms with van der Waals surface area (Å²) in [5, 5.41) is 0. The van der Waals surface area contributed by atoms with Gasteiger partial charge in [-0.05, 0) is 19.1 Å². The molecule has 0 aliphatic carbocycles. The summed E-state index contributed by atoms with van der Waals surface area (Å²) in [6, 6.07) is 7.50. The van der Waals surface area contributed by atoms with Crippen LogP contribution in [0.5, 0.6) is 5.75 Å². The van der Waals surface area contributed by atoms with Crippen molar-refractivity contribution < 1.29 is 19.1 Å². The van der Waals surface area contributed by atoms with E-state index in [-0.39, 0.29) is 24.8 Å². The van der Waals surface area contributed by atoms with E-state index in [1.165, 1.54) is 23.8 Å². The lowest BCUT2D eigenvalue weighted by Gasteiger charge is -2.13. The topological polar surface area (TPSA) is 55.8 Å². The van der Waals surface area contributed by atoms with E-state index in [4.69, 9.17) is 17.0 Å². The highest BCUT2D eigenvalue weighted by molar-refractivity contribution is 8.26. The minimum atomic E-state index is -0.371. The Morgan fingerprint density at radius 2 is 2.13 bits per heavy atom. The number of ether oxygens (including phenoxy) is 2. The van der Waals surface area contributed by atoms with Gasteiger partial charge in [0.1, 0.15) is 10.1 Å². The molecule has 0 bridgehead atoms. The first-order valence-corrected chi connectivity index (χ1v) is 8.33. The molecular formula is C16H17NO4S2. The third-order valence-electron chi connectivity index (χ3n) is 3.15. The average Bonchev–Trinajstić information content (AvgIpc) is 2.81. The Morgan fingerprint density at radius 1 is 1.39 bits per heavy atom. The number of carbonyl (C=O) groups excluding carboxylic acids is 2. The van der Waals surface area contributed by atoms with E-state index in [1.807, 2.05) is 31.2 Å². The first-order chi connectivity index (χ1) is 11.1. The van der Waals surface area contributed by atoms with Crippen LogP contribution in [0.15, 0.2) is 29.2 Å². The number of benzene rings is 1. The van der Waals surface area contributed by atoms with Gasteiger partial charge in [-0.15, -0.1) is 0 Å². The van der Waals surface area contributed by atoms with Gasteiger partial charge in [0, 0.05) is 12.1 Å². The summed E-state index contributed by atoms with van der Waals surface area (Å²) in [6.07, 6.45) is 1.88. The number of esters is 1. The molecule has 7 heteroatoms. The van der Waals surface area contributed by atoms with E-state index < -0.39 is 0 Å². The summed E-state index contributed by atoms with van der Waals surface area (Å²) in [5.74, 6) is 0.148. The Hall–Kier alpha value is -1.86. The molecule has 0 spiro atoms. The normalized spacial score (nSPS) is 16.1. The number of nitrogens with zero attached hydrogens (tertiary/aromatic N) is 1. The summed E-state index contributed by atoms with van der Waals surface area (Å²) >= 11 is 6.45. The van der Waals surface area contributed by atoms with Gasteiger partial charge >= 0.3 is 5.97 Å². The number of thiocarbonyl (C=S) groups is 1. The van der Waals surface area contributed by atoms with Crippen molar-refractivity contribution >= 4 is 46.3 Å². The van der Waals surface area contributed by atoms with E-state index in [2.05, 4.69) is 4.74 Å². The Morgan fingerprint density at radius 3 is 2.83 bits per heavy atom. The first kappa shape index (κ1) is 17.5. The summed E-state index contributed by atoms with van der Waals surface area (Å²) < 4.78 is 10.6. The van der Waals surface area contributed by atoms with Gasteiger partial charge in [-0.2, -0.15) is 0 Å². The molecule has 0 atom stereocenters. The highest BCUT2D eigenvalue weighted by atomic mass is 32.2. The molecule has 1 saturated heterocycles. The Labute approximate surface area is 144 Å². The molecule has 1 aromatic carbocycles. The maximum absolute atomic E-state index is 12.4. The molecule has 122 valence electrons. The van der Waals surface area contributed by atoms with Crippen LogP contribution in [-0.2, 0) is 14.3 Å². The smallest absolute Gasteiger partial charge is 0.307 e. The van der Waals surface area contributed by atoms with Gasteiger partial charge in [-0.1, -0.05) is 42.2 Å². The standard InChI is InChI=1S/C16H17NO4S2/c1-3-21-12-7-5-4-6-11(12)10-13-15(19)17(16(22)23-13)9-8-14(18)20-2/h4-7,10H,3,8-9H2,1-2H3/b13-10+. The van der Waals surface area contributed by atoms with Crippen molar-refractivity contribution in [3.8, 4) is 5.75 Å². The zero-order valence-corrected chi connectivity index (χ0v) is 14.5. The maximum atomic E-state index is 12.4. The zero-order valence-electron chi connectivity index (χ0n) is 12.9. The fraction of sp³-hybridized carbons (Fsp3) is 0.312. The molecular weight excluding hydrogens is 334 g/mol. The monoisotopic (exact) mass is 351 g/mol. The van der Waals surface area contributed by atoms with Crippen LogP contribution in [-0.4, -0.2) is 41.4 Å². The molecule has 5 nitrogen and oxygen atoms in total. The van der Waals surface area contributed by atoms with Crippen LogP contribution in [0.1, 0.15) is 18.9 Å². The Kier molecular flexibility index (Phi) is 6.18. The van der Waals surface area contributed by atoms with E-state index in [0.29, 0.717) is 15.8 Å². The van der Waals surface area contributed by atoms with Crippen molar-refractivity contribution in [1.29, 1.82) is 0 Å². The van der Waals surface area contributed by atoms with Gasteiger partial charge in [0.25, 0.3) is 5.91 Å². The Balaban J connectivity index is 2.17. The SMILES string of the molecule is CCOc1ccccc1/C=C1/SC(=S)N(CCC(=O)OC)C1=O. The number of hydrogen-bond donors (Lipinski definition) is 0. The lowest BCUT2D eigenvalue weighted by atomic mass is 10.2. The number of rotatable bonds is 6. The molecule has 0 N–H and O–H groups in total. The van der Waals surface area contributed by atoms with Crippen LogP contribution in [0.25, 0.3) is 6.08 Å². The molecule has 23 heavy (non-hydrogen) atoms. The largest absolute Gasteiger partial charge is 0.493 e. The Bertz CT molecular complexity index is 657. The number of methoxy groups -OCH3 is 1. The van der Waals surface area contributed by atoms with Crippen LogP contribution in [0.2, 0.25) is 0 Å². The van der Waals surface area contributed by atoms with Crippen LogP contribution >= 0.6 is 24.0 Å². The van der Waals surface area contributed by atoms with E-state index >= 15 is 0 Å². The predicted molar refractivity (Wildman–Crippen MR) is 94.1 cm³/mol. The lowest BCUT2D eigenvalue weighted by molar-refractivity contribution is -0.140. The quantitative estimate of drug-likeness (QED) is 0.446. The first-order valence-electron chi connectivity index (χ1n) is 7.10. The number of amides is 1. The molecule has 0 unspecified atom stereocenters. The summed E-state index contributed by atoms with van der Waals surface area (Å²) in [7, 11) is 1.32. The minimum Gasteiger partial charge on any atom is -0.493 e. The van der Waals surface area contributed by atoms with Crippen LogP contribution in [0.3, 0.4) is 0 Å². The fourth-order valence-electron chi connectivity index (χ4n) is 2.03. The van der Waals surface area contributed by atoms with Gasteiger partial charge < -0.3 is 9.47 Å². The third kappa shape index (κ3) is 4.33. The number of thioether (sulfide) groups is 1. The van der Waals surface area contributed by atoms with Crippen LogP contribution < -0.4 is 4.74 Å². The summed E-state index contributed by atoms with van der Waals surface area (Å²) in [4.78, 5) is 25.6. The van der Waals surface area contributed by atoms with E-state index in [9.17, 15) is 9.59 Å². The van der Waals surface area contributed by atoms with Crippen molar-refractivity contribution in [3.63, 3.8) is 0 Å². The molecule has 0 aromatic heterocycles. The van der Waals surface area contributed by atoms with Crippen molar-refractivity contribution in [1.82, 2.24) is 4.90 Å². The van der Waals surface area contributed by atoms with Gasteiger partial charge in [-0.25, -0.2) is 0 Å². The minimum absolute atomic E-state index is 0.117. The van der Waals surface area contributed by atoms with Crippen molar-refractivity contribution in [2.24, 2.45) is 0 Å². The van der Waals surface area contributed by atoms with Crippen molar-refractivity contribution in [3.05, 3.63) is 34.7 Å². The molecule has 2 rings (SSSR count). The van der Waals surface area contributed by atoms with E-state index in [1.54, 1.807) is 6.08 Å². The predicted octanol–water partition coefficient (Wildman–Crippen LogP) is 2.85.